The van der Waals surface area contributed by atoms with Crippen LogP contribution in [0.1, 0.15) is 35.5 Å². The van der Waals surface area contributed by atoms with E-state index in [1.807, 2.05) is 26.0 Å². The van der Waals surface area contributed by atoms with Gasteiger partial charge in [-0.25, -0.2) is 18.2 Å². The van der Waals surface area contributed by atoms with Crippen molar-refractivity contribution in [1.82, 2.24) is 15.1 Å². The first-order valence-corrected chi connectivity index (χ1v) is 11.2. The molecule has 0 saturated heterocycles. The van der Waals surface area contributed by atoms with E-state index in [1.165, 1.54) is 12.1 Å². The number of hydrogen-bond donors (Lipinski definition) is 2. The summed E-state index contributed by atoms with van der Waals surface area (Å²) in [5.41, 5.74) is 3.99. The molecule has 1 unspecified atom stereocenters. The van der Waals surface area contributed by atoms with Crippen molar-refractivity contribution in [2.24, 2.45) is 5.14 Å². The Labute approximate surface area is 180 Å². The number of benzene rings is 2. The van der Waals surface area contributed by atoms with Crippen LogP contribution < -0.4 is 10.5 Å². The number of carbonyl (C=O) groups excluding carboxylic acids is 1. The molecule has 0 fully saturated rings. The monoisotopic (exact) mass is 446 g/mol. The summed E-state index contributed by atoms with van der Waals surface area (Å²) in [5.74, 6) is -0.189. The van der Waals surface area contributed by atoms with Gasteiger partial charge in [0, 0.05) is 16.3 Å². The lowest BCUT2D eigenvalue weighted by Gasteiger charge is -2.15. The zero-order valence-corrected chi connectivity index (χ0v) is 18.5. The highest BCUT2D eigenvalue weighted by Crippen LogP contribution is 2.21. The number of halogens is 1. The molecule has 0 spiro atoms. The highest BCUT2D eigenvalue weighted by atomic mass is 35.5. The molecule has 9 heteroatoms. The Morgan fingerprint density at radius 3 is 2.50 bits per heavy atom. The van der Waals surface area contributed by atoms with Gasteiger partial charge in [0.1, 0.15) is 0 Å². The quantitative estimate of drug-likeness (QED) is 0.606. The number of rotatable bonds is 6. The Kier molecular flexibility index (Phi) is 6.30. The summed E-state index contributed by atoms with van der Waals surface area (Å²) in [4.78, 5) is 12.7. The van der Waals surface area contributed by atoms with Crippen LogP contribution in [-0.2, 0) is 21.2 Å². The second kappa shape index (κ2) is 8.59. The molecule has 1 amide bonds. The summed E-state index contributed by atoms with van der Waals surface area (Å²) in [6.45, 7) is 5.56. The SMILES string of the molecule is Cc1nn(-c2ccc(Cl)cc2)c(C)c1CC(=O)NC(C)c1cccc(S(N)(=O)=O)c1. The van der Waals surface area contributed by atoms with Crippen molar-refractivity contribution in [2.45, 2.75) is 38.1 Å². The van der Waals surface area contributed by atoms with Gasteiger partial charge in [-0.3, -0.25) is 4.79 Å². The molecule has 158 valence electrons. The fraction of sp³-hybridized carbons (Fsp3) is 0.238. The van der Waals surface area contributed by atoms with E-state index < -0.39 is 10.0 Å². The predicted molar refractivity (Wildman–Crippen MR) is 116 cm³/mol. The first-order chi connectivity index (χ1) is 14.1. The van der Waals surface area contributed by atoms with Gasteiger partial charge in [0.15, 0.2) is 0 Å². The van der Waals surface area contributed by atoms with Gasteiger partial charge in [-0.1, -0.05) is 23.7 Å². The fourth-order valence-corrected chi connectivity index (χ4v) is 3.96. The number of nitrogens with one attached hydrogen (secondary N) is 1. The van der Waals surface area contributed by atoms with Crippen molar-refractivity contribution in [1.29, 1.82) is 0 Å². The number of nitrogens with two attached hydrogens (primary N) is 1. The van der Waals surface area contributed by atoms with Gasteiger partial charge in [0.25, 0.3) is 0 Å². The van der Waals surface area contributed by atoms with Gasteiger partial charge >= 0.3 is 0 Å². The van der Waals surface area contributed by atoms with Crippen molar-refractivity contribution in [3.8, 4) is 5.69 Å². The predicted octanol–water partition coefficient (Wildman–Crippen LogP) is 3.21. The molecule has 0 aliphatic rings. The Bertz CT molecular complexity index is 1190. The largest absolute Gasteiger partial charge is 0.349 e. The summed E-state index contributed by atoms with van der Waals surface area (Å²) in [5, 5.41) is 13.3. The fourth-order valence-electron chi connectivity index (χ4n) is 3.26. The van der Waals surface area contributed by atoms with Crippen molar-refractivity contribution in [3.05, 3.63) is 76.1 Å². The standard InChI is InChI=1S/C21H23ClN4O3S/c1-13(16-5-4-6-19(11-16)30(23,28)29)24-21(27)12-20-14(2)25-26(15(20)3)18-9-7-17(22)8-10-18/h4-11,13H,12H2,1-3H3,(H,24,27)(H2,23,28,29). The molecule has 30 heavy (non-hydrogen) atoms. The minimum absolute atomic E-state index is 0.0111. The van der Waals surface area contributed by atoms with Crippen LogP contribution in [0.5, 0.6) is 0 Å². The smallest absolute Gasteiger partial charge is 0.238 e. The number of hydrogen-bond acceptors (Lipinski definition) is 4. The zero-order chi connectivity index (χ0) is 22.1. The van der Waals surface area contributed by atoms with Crippen LogP contribution in [0.25, 0.3) is 5.69 Å². The Balaban J connectivity index is 1.76. The molecule has 7 nitrogen and oxygen atoms in total. The first-order valence-electron chi connectivity index (χ1n) is 9.29. The minimum Gasteiger partial charge on any atom is -0.349 e. The van der Waals surface area contributed by atoms with E-state index in [4.69, 9.17) is 16.7 Å². The topological polar surface area (TPSA) is 107 Å². The van der Waals surface area contributed by atoms with E-state index in [1.54, 1.807) is 35.9 Å². The lowest BCUT2D eigenvalue weighted by Crippen LogP contribution is -2.28. The van der Waals surface area contributed by atoms with Crippen molar-refractivity contribution in [2.75, 3.05) is 0 Å². The van der Waals surface area contributed by atoms with Gasteiger partial charge in [-0.05, 0) is 62.7 Å². The number of sulfonamides is 1. The molecule has 0 radical (unpaired) electrons. The third kappa shape index (κ3) is 4.89. The highest BCUT2D eigenvalue weighted by molar-refractivity contribution is 7.89. The number of primary sulfonamides is 1. The van der Waals surface area contributed by atoms with Crippen LogP contribution in [0.15, 0.2) is 53.4 Å². The number of amides is 1. The summed E-state index contributed by atoms with van der Waals surface area (Å²) in [6, 6.07) is 13.2. The molecular weight excluding hydrogens is 424 g/mol. The van der Waals surface area contributed by atoms with Crippen LogP contribution in [0.3, 0.4) is 0 Å². The second-order valence-corrected chi connectivity index (χ2v) is 9.12. The minimum atomic E-state index is -3.81. The van der Waals surface area contributed by atoms with E-state index in [-0.39, 0.29) is 23.3 Å². The van der Waals surface area contributed by atoms with Crippen molar-refractivity contribution < 1.29 is 13.2 Å². The Hall–Kier alpha value is -2.68. The van der Waals surface area contributed by atoms with Gasteiger partial charge < -0.3 is 5.32 Å². The molecule has 3 N–H and O–H groups in total. The molecular formula is C21H23ClN4O3S. The molecule has 0 bridgehead atoms. The van der Waals surface area contributed by atoms with E-state index in [0.29, 0.717) is 10.6 Å². The zero-order valence-electron chi connectivity index (χ0n) is 16.9. The maximum atomic E-state index is 12.7. The third-order valence-electron chi connectivity index (χ3n) is 4.91. The Morgan fingerprint density at radius 1 is 1.20 bits per heavy atom. The van der Waals surface area contributed by atoms with E-state index in [2.05, 4.69) is 10.4 Å². The maximum Gasteiger partial charge on any atom is 0.238 e. The molecule has 1 atom stereocenters. The third-order valence-corrected chi connectivity index (χ3v) is 6.08. The molecule has 3 aromatic rings. The molecule has 0 aliphatic heterocycles. The van der Waals surface area contributed by atoms with E-state index in [0.717, 1.165) is 22.6 Å². The molecule has 0 aliphatic carbocycles. The normalized spacial score (nSPS) is 12.6. The summed E-state index contributed by atoms with van der Waals surface area (Å²) in [6.07, 6.45) is 0.157. The number of carbonyl (C=O) groups is 1. The van der Waals surface area contributed by atoms with Gasteiger partial charge in [0.05, 0.1) is 28.7 Å². The molecule has 3 rings (SSSR count). The summed E-state index contributed by atoms with van der Waals surface area (Å²) < 4.78 is 24.9. The van der Waals surface area contributed by atoms with E-state index in [9.17, 15) is 13.2 Å². The Morgan fingerprint density at radius 2 is 1.87 bits per heavy atom. The lowest BCUT2D eigenvalue weighted by molar-refractivity contribution is -0.121. The maximum absolute atomic E-state index is 12.7. The van der Waals surface area contributed by atoms with E-state index >= 15 is 0 Å². The second-order valence-electron chi connectivity index (χ2n) is 7.12. The number of nitrogens with zero attached hydrogens (tertiary/aromatic N) is 2. The lowest BCUT2D eigenvalue weighted by atomic mass is 10.1. The average Bonchev–Trinajstić information content (AvgIpc) is 2.96. The van der Waals surface area contributed by atoms with Crippen LogP contribution >= 0.6 is 11.6 Å². The molecule has 2 aromatic carbocycles. The van der Waals surface area contributed by atoms with Crippen molar-refractivity contribution >= 4 is 27.5 Å². The van der Waals surface area contributed by atoms with Crippen LogP contribution in [0, 0.1) is 13.8 Å². The molecule has 0 saturated carbocycles. The van der Waals surface area contributed by atoms with Crippen LogP contribution in [-0.4, -0.2) is 24.1 Å². The highest BCUT2D eigenvalue weighted by Gasteiger charge is 2.18. The summed E-state index contributed by atoms with van der Waals surface area (Å²) >= 11 is 5.95. The van der Waals surface area contributed by atoms with Crippen LogP contribution in [0.2, 0.25) is 5.02 Å². The number of aryl methyl sites for hydroxylation is 1. The van der Waals surface area contributed by atoms with Gasteiger partial charge in [-0.2, -0.15) is 5.10 Å². The molecule has 1 heterocycles. The number of aromatic nitrogens is 2. The average molecular weight is 447 g/mol. The van der Waals surface area contributed by atoms with Crippen LogP contribution in [0.4, 0.5) is 0 Å². The van der Waals surface area contributed by atoms with Crippen molar-refractivity contribution in [3.63, 3.8) is 0 Å². The first kappa shape index (κ1) is 22.0. The molecule has 1 aromatic heterocycles. The van der Waals surface area contributed by atoms with Gasteiger partial charge in [-0.15, -0.1) is 0 Å². The summed E-state index contributed by atoms with van der Waals surface area (Å²) in [7, 11) is -3.81. The van der Waals surface area contributed by atoms with Gasteiger partial charge in [0.2, 0.25) is 15.9 Å².